The van der Waals surface area contributed by atoms with Crippen molar-refractivity contribution in [1.82, 2.24) is 10.7 Å². The minimum absolute atomic E-state index is 0.116. The summed E-state index contributed by atoms with van der Waals surface area (Å²) in [7, 11) is 0. The van der Waals surface area contributed by atoms with Gasteiger partial charge in [-0.25, -0.2) is 5.43 Å². The summed E-state index contributed by atoms with van der Waals surface area (Å²) in [6, 6.07) is 2.23. The van der Waals surface area contributed by atoms with Crippen molar-refractivity contribution in [2.45, 2.75) is 6.92 Å². The number of hydrazone groups is 1. The summed E-state index contributed by atoms with van der Waals surface area (Å²) >= 11 is 0. The fourth-order valence-electron chi connectivity index (χ4n) is 1.54. The van der Waals surface area contributed by atoms with Crippen LogP contribution in [0.3, 0.4) is 0 Å². The molecule has 0 spiro atoms. The van der Waals surface area contributed by atoms with Crippen LogP contribution < -0.4 is 20.6 Å². The predicted octanol–water partition coefficient (Wildman–Crippen LogP) is -0.181. The lowest BCUT2D eigenvalue weighted by Crippen LogP contribution is -2.37. The van der Waals surface area contributed by atoms with Crippen LogP contribution in [0.4, 0.5) is 5.69 Å². The van der Waals surface area contributed by atoms with Crippen LogP contribution in [0.5, 0.6) is 11.5 Å². The van der Waals surface area contributed by atoms with Crippen LogP contribution >= 0.6 is 0 Å². The van der Waals surface area contributed by atoms with E-state index in [2.05, 4.69) is 17.0 Å². The molecule has 2 amide bonds. The van der Waals surface area contributed by atoms with Crippen molar-refractivity contribution >= 4 is 23.7 Å². The van der Waals surface area contributed by atoms with Gasteiger partial charge in [0.05, 0.1) is 17.7 Å². The molecule has 0 heterocycles. The van der Waals surface area contributed by atoms with E-state index in [-0.39, 0.29) is 24.5 Å². The first-order valence-corrected chi connectivity index (χ1v) is 6.75. The third kappa shape index (κ3) is 5.09. The lowest BCUT2D eigenvalue weighted by Gasteiger charge is -2.14. The van der Waals surface area contributed by atoms with Crippen LogP contribution in [-0.2, 0) is 9.59 Å². The molecule has 10 nitrogen and oxygen atoms in total. The summed E-state index contributed by atoms with van der Waals surface area (Å²) in [6.45, 7) is 5.26. The van der Waals surface area contributed by atoms with E-state index in [4.69, 9.17) is 4.74 Å². The second-order valence-electron chi connectivity index (χ2n) is 4.26. The highest BCUT2D eigenvalue weighted by molar-refractivity contribution is 6.35. The van der Waals surface area contributed by atoms with Crippen molar-refractivity contribution in [3.8, 4) is 11.5 Å². The zero-order valence-corrected chi connectivity index (χ0v) is 12.8. The normalized spacial score (nSPS) is 10.2. The highest BCUT2D eigenvalue weighted by Gasteiger charge is 2.14. The Bertz CT molecular complexity index is 686. The van der Waals surface area contributed by atoms with E-state index >= 15 is 0 Å². The zero-order valence-electron chi connectivity index (χ0n) is 12.8. The minimum atomic E-state index is -1.02. The highest BCUT2D eigenvalue weighted by Crippen LogP contribution is 2.34. The van der Waals surface area contributed by atoms with Crippen LogP contribution in [0.25, 0.3) is 0 Å². The van der Waals surface area contributed by atoms with E-state index in [1.807, 2.05) is 5.43 Å². The smallest absolute Gasteiger partial charge is 0.329 e. The van der Waals surface area contributed by atoms with E-state index in [0.29, 0.717) is 0 Å². The fourth-order valence-corrected chi connectivity index (χ4v) is 1.54. The number of nitro benzene ring substituents is 1. The lowest BCUT2D eigenvalue weighted by atomic mass is 10.2. The molecule has 0 aliphatic rings. The molecule has 24 heavy (non-hydrogen) atoms. The Balaban J connectivity index is 2.90. The van der Waals surface area contributed by atoms with Gasteiger partial charge in [0.15, 0.2) is 0 Å². The number of nitrogens with one attached hydrogen (secondary N) is 2. The van der Waals surface area contributed by atoms with E-state index in [1.54, 1.807) is 6.92 Å². The first-order chi connectivity index (χ1) is 11.4. The van der Waals surface area contributed by atoms with Gasteiger partial charge in [-0.2, -0.15) is 5.10 Å². The third-order valence-electron chi connectivity index (χ3n) is 2.55. The topological polar surface area (TPSA) is 146 Å². The fraction of sp³-hybridized carbons (Fsp3) is 0.214. The Labute approximate surface area is 137 Å². The summed E-state index contributed by atoms with van der Waals surface area (Å²) in [4.78, 5) is 32.7. The molecule has 1 aromatic rings. The van der Waals surface area contributed by atoms with Crippen molar-refractivity contribution in [2.24, 2.45) is 5.10 Å². The molecule has 0 saturated carbocycles. The van der Waals surface area contributed by atoms with Crippen LogP contribution in [0.15, 0.2) is 29.9 Å². The first-order valence-electron chi connectivity index (χ1n) is 6.75. The highest BCUT2D eigenvalue weighted by atomic mass is 16.6. The van der Waals surface area contributed by atoms with Gasteiger partial charge in [-0.15, -0.1) is 6.58 Å². The number of nitrogens with zero attached hydrogens (tertiary/aromatic N) is 2. The quantitative estimate of drug-likeness (QED) is 0.232. The Morgan fingerprint density at radius 3 is 2.71 bits per heavy atom. The van der Waals surface area contributed by atoms with Crippen molar-refractivity contribution < 1.29 is 24.4 Å². The minimum Gasteiger partial charge on any atom is -0.865 e. The van der Waals surface area contributed by atoms with Crippen LogP contribution in [0.1, 0.15) is 12.5 Å². The Morgan fingerprint density at radius 2 is 2.12 bits per heavy atom. The van der Waals surface area contributed by atoms with Crippen molar-refractivity contribution in [2.75, 3.05) is 13.2 Å². The van der Waals surface area contributed by atoms with Crippen molar-refractivity contribution in [3.05, 3.63) is 40.5 Å². The molecular weight excluding hydrogens is 320 g/mol. The van der Waals surface area contributed by atoms with Gasteiger partial charge >= 0.3 is 11.8 Å². The molecule has 0 unspecified atom stereocenters. The molecule has 128 valence electrons. The summed E-state index contributed by atoms with van der Waals surface area (Å²) in [5.41, 5.74) is 1.42. The van der Waals surface area contributed by atoms with E-state index in [0.717, 1.165) is 12.3 Å². The summed E-state index contributed by atoms with van der Waals surface area (Å²) in [5, 5.41) is 28.4. The number of rotatable bonds is 7. The molecule has 0 atom stereocenters. The van der Waals surface area contributed by atoms with Gasteiger partial charge in [0.2, 0.25) is 0 Å². The number of carbonyl (C=O) groups excluding carboxylic acids is 2. The molecule has 2 N–H and O–H groups in total. The largest absolute Gasteiger partial charge is 0.865 e. The predicted molar refractivity (Wildman–Crippen MR) is 82.7 cm³/mol. The van der Waals surface area contributed by atoms with Crippen molar-refractivity contribution in [3.63, 3.8) is 0 Å². The first kappa shape index (κ1) is 18.6. The molecule has 1 aromatic carbocycles. The summed E-state index contributed by atoms with van der Waals surface area (Å²) in [6.07, 6.45) is 2.45. The van der Waals surface area contributed by atoms with Gasteiger partial charge in [-0.1, -0.05) is 6.08 Å². The van der Waals surface area contributed by atoms with E-state index in [9.17, 15) is 24.8 Å². The monoisotopic (exact) mass is 335 g/mol. The molecule has 0 fully saturated rings. The Hall–Kier alpha value is -3.43. The molecule has 0 saturated heterocycles. The van der Waals surface area contributed by atoms with Crippen molar-refractivity contribution in [1.29, 1.82) is 0 Å². The molecule has 0 aromatic heterocycles. The van der Waals surface area contributed by atoms with Gasteiger partial charge in [-0.3, -0.25) is 19.7 Å². The molecule has 0 aliphatic carbocycles. The molecule has 10 heteroatoms. The third-order valence-corrected chi connectivity index (χ3v) is 2.55. The lowest BCUT2D eigenvalue weighted by molar-refractivity contribution is -0.398. The second-order valence-corrected chi connectivity index (χ2v) is 4.26. The van der Waals surface area contributed by atoms with Gasteiger partial charge in [0.1, 0.15) is 5.75 Å². The maximum atomic E-state index is 11.8. The SMILES string of the molecule is C=CCNC(=O)C(=O)N/N=C\c1cc(OCC)c([O-])c([N+](=O)[O-])c1. The van der Waals surface area contributed by atoms with Crippen LogP contribution in [0, 0.1) is 10.1 Å². The zero-order chi connectivity index (χ0) is 18.1. The number of amides is 2. The molecule has 0 aliphatic heterocycles. The number of hydrogen-bond donors (Lipinski definition) is 2. The number of carbonyl (C=O) groups is 2. The maximum Gasteiger partial charge on any atom is 0.329 e. The average molecular weight is 335 g/mol. The van der Waals surface area contributed by atoms with Crippen LogP contribution in [0.2, 0.25) is 0 Å². The molecule has 0 bridgehead atoms. The van der Waals surface area contributed by atoms with Gasteiger partial charge in [0.25, 0.3) is 5.69 Å². The molecular formula is C14H15N4O6-. The Morgan fingerprint density at radius 1 is 1.42 bits per heavy atom. The standard InChI is InChI=1S/C14H16N4O6/c1-3-5-15-13(20)14(21)17-16-8-9-6-10(18(22)23)12(19)11(7-9)24-4-2/h3,6-8,19H,1,4-5H2,2H3,(H,15,20)(H,17,21)/p-1/b16-8-. The number of nitro groups is 1. The summed E-state index contributed by atoms with van der Waals surface area (Å²) in [5.74, 6) is -2.99. The van der Waals surface area contributed by atoms with E-state index in [1.165, 1.54) is 12.1 Å². The van der Waals surface area contributed by atoms with Crippen LogP contribution in [-0.4, -0.2) is 36.1 Å². The van der Waals surface area contributed by atoms with E-state index < -0.39 is 28.2 Å². The average Bonchev–Trinajstić information content (AvgIpc) is 2.54. The molecule has 0 radical (unpaired) electrons. The number of hydrogen-bond acceptors (Lipinski definition) is 7. The Kier molecular flexibility index (Phi) is 6.89. The molecule has 1 rings (SSSR count). The van der Waals surface area contributed by atoms with Gasteiger partial charge < -0.3 is 15.2 Å². The maximum absolute atomic E-state index is 11.8. The number of benzene rings is 1. The second kappa shape index (κ2) is 8.88. The van der Waals surface area contributed by atoms with Gasteiger partial charge in [-0.05, 0) is 13.0 Å². The number of ether oxygens (including phenoxy) is 1. The summed E-state index contributed by atoms with van der Waals surface area (Å²) < 4.78 is 5.04. The van der Waals surface area contributed by atoms with Gasteiger partial charge in [0, 0.05) is 23.9 Å².